The van der Waals surface area contributed by atoms with E-state index in [1.807, 2.05) is 36.4 Å². The molecular formula is C15H15BrO3. The lowest BCUT2D eigenvalue weighted by Crippen LogP contribution is -1.94. The zero-order valence-corrected chi connectivity index (χ0v) is 12.7. The first kappa shape index (κ1) is 13.7. The monoisotopic (exact) mass is 322 g/mol. The SMILES string of the molecule is COc1ccc(Br)c(-c2c(OC)cccc2OC)c1. The van der Waals surface area contributed by atoms with Crippen LogP contribution in [0, 0.1) is 0 Å². The molecule has 0 saturated carbocycles. The number of hydrogen-bond acceptors (Lipinski definition) is 3. The summed E-state index contributed by atoms with van der Waals surface area (Å²) in [4.78, 5) is 0. The molecule has 0 spiro atoms. The summed E-state index contributed by atoms with van der Waals surface area (Å²) in [5.41, 5.74) is 1.87. The Balaban J connectivity index is 2.69. The van der Waals surface area contributed by atoms with Gasteiger partial charge in [0.15, 0.2) is 0 Å². The van der Waals surface area contributed by atoms with Gasteiger partial charge in [0.2, 0.25) is 0 Å². The van der Waals surface area contributed by atoms with Gasteiger partial charge in [0.05, 0.1) is 26.9 Å². The van der Waals surface area contributed by atoms with Crippen LogP contribution in [0.1, 0.15) is 0 Å². The molecule has 0 aliphatic carbocycles. The van der Waals surface area contributed by atoms with Gasteiger partial charge in [-0.1, -0.05) is 22.0 Å². The van der Waals surface area contributed by atoms with Gasteiger partial charge in [0, 0.05) is 10.0 Å². The summed E-state index contributed by atoms with van der Waals surface area (Å²) in [6.07, 6.45) is 0. The molecule has 0 N–H and O–H groups in total. The second-order valence-electron chi connectivity index (χ2n) is 3.88. The molecule has 2 aromatic rings. The zero-order valence-electron chi connectivity index (χ0n) is 11.1. The molecule has 0 unspecified atom stereocenters. The summed E-state index contributed by atoms with van der Waals surface area (Å²) in [6, 6.07) is 11.5. The van der Waals surface area contributed by atoms with Crippen LogP contribution in [-0.4, -0.2) is 21.3 Å². The maximum Gasteiger partial charge on any atom is 0.130 e. The number of ether oxygens (including phenoxy) is 3. The second kappa shape index (κ2) is 5.97. The van der Waals surface area contributed by atoms with Crippen molar-refractivity contribution in [2.45, 2.75) is 0 Å². The smallest absolute Gasteiger partial charge is 0.130 e. The first-order valence-corrected chi connectivity index (χ1v) is 6.55. The van der Waals surface area contributed by atoms with Gasteiger partial charge in [-0.25, -0.2) is 0 Å². The average Bonchev–Trinajstić information content (AvgIpc) is 2.47. The fourth-order valence-corrected chi connectivity index (χ4v) is 2.38. The van der Waals surface area contributed by atoms with Crippen LogP contribution < -0.4 is 14.2 Å². The number of halogens is 1. The van der Waals surface area contributed by atoms with Crippen molar-refractivity contribution in [2.24, 2.45) is 0 Å². The highest BCUT2D eigenvalue weighted by Crippen LogP contribution is 2.42. The molecule has 0 aromatic heterocycles. The molecule has 0 fully saturated rings. The van der Waals surface area contributed by atoms with Gasteiger partial charge in [-0.05, 0) is 30.3 Å². The first-order valence-electron chi connectivity index (χ1n) is 5.76. The molecule has 2 rings (SSSR count). The van der Waals surface area contributed by atoms with Crippen LogP contribution in [0.2, 0.25) is 0 Å². The van der Waals surface area contributed by atoms with E-state index in [-0.39, 0.29) is 0 Å². The molecule has 4 heteroatoms. The maximum absolute atomic E-state index is 5.43. The third kappa shape index (κ3) is 2.68. The fourth-order valence-electron chi connectivity index (χ4n) is 1.94. The number of methoxy groups -OCH3 is 3. The number of benzene rings is 2. The molecule has 0 aliphatic rings. The van der Waals surface area contributed by atoms with Crippen LogP contribution in [0.4, 0.5) is 0 Å². The molecule has 0 bridgehead atoms. The summed E-state index contributed by atoms with van der Waals surface area (Å²) in [7, 11) is 4.94. The van der Waals surface area contributed by atoms with Gasteiger partial charge >= 0.3 is 0 Å². The molecule has 0 heterocycles. The van der Waals surface area contributed by atoms with Crippen molar-refractivity contribution in [2.75, 3.05) is 21.3 Å². The topological polar surface area (TPSA) is 27.7 Å². The van der Waals surface area contributed by atoms with Crippen molar-refractivity contribution in [1.29, 1.82) is 0 Å². The molecule has 0 radical (unpaired) electrons. The normalized spacial score (nSPS) is 10.1. The van der Waals surface area contributed by atoms with Crippen molar-refractivity contribution in [3.8, 4) is 28.4 Å². The van der Waals surface area contributed by atoms with Gasteiger partial charge in [-0.3, -0.25) is 0 Å². The number of rotatable bonds is 4. The van der Waals surface area contributed by atoms with Crippen LogP contribution in [0.15, 0.2) is 40.9 Å². The van der Waals surface area contributed by atoms with Crippen molar-refractivity contribution in [1.82, 2.24) is 0 Å². The molecular weight excluding hydrogens is 308 g/mol. The summed E-state index contributed by atoms with van der Waals surface area (Å²) >= 11 is 3.56. The Labute approximate surface area is 121 Å². The minimum Gasteiger partial charge on any atom is -0.497 e. The molecule has 3 nitrogen and oxygen atoms in total. The molecule has 0 amide bonds. The Kier molecular flexibility index (Phi) is 4.32. The van der Waals surface area contributed by atoms with E-state index < -0.39 is 0 Å². The highest BCUT2D eigenvalue weighted by atomic mass is 79.9. The van der Waals surface area contributed by atoms with E-state index in [0.29, 0.717) is 0 Å². The highest BCUT2D eigenvalue weighted by Gasteiger charge is 2.15. The van der Waals surface area contributed by atoms with E-state index >= 15 is 0 Å². The molecule has 0 saturated heterocycles. The third-order valence-corrected chi connectivity index (χ3v) is 3.56. The zero-order chi connectivity index (χ0) is 13.8. The van der Waals surface area contributed by atoms with Crippen LogP contribution in [0.25, 0.3) is 11.1 Å². The van der Waals surface area contributed by atoms with Gasteiger partial charge in [0.25, 0.3) is 0 Å². The van der Waals surface area contributed by atoms with E-state index in [1.165, 1.54) is 0 Å². The molecule has 19 heavy (non-hydrogen) atoms. The Morgan fingerprint density at radius 3 is 2.00 bits per heavy atom. The first-order chi connectivity index (χ1) is 9.21. The van der Waals surface area contributed by atoms with E-state index in [1.54, 1.807) is 21.3 Å². The van der Waals surface area contributed by atoms with Gasteiger partial charge in [0.1, 0.15) is 17.2 Å². The van der Waals surface area contributed by atoms with Crippen LogP contribution >= 0.6 is 15.9 Å². The predicted molar refractivity (Wildman–Crippen MR) is 79.2 cm³/mol. The van der Waals surface area contributed by atoms with Gasteiger partial charge in [-0.15, -0.1) is 0 Å². The Hall–Kier alpha value is -1.68. The number of hydrogen-bond donors (Lipinski definition) is 0. The average molecular weight is 323 g/mol. The summed E-state index contributed by atoms with van der Waals surface area (Å²) in [6.45, 7) is 0. The second-order valence-corrected chi connectivity index (χ2v) is 4.74. The molecule has 2 aromatic carbocycles. The fraction of sp³-hybridized carbons (Fsp3) is 0.200. The van der Waals surface area contributed by atoms with Crippen molar-refractivity contribution in [3.63, 3.8) is 0 Å². The Morgan fingerprint density at radius 1 is 0.842 bits per heavy atom. The lowest BCUT2D eigenvalue weighted by Gasteiger charge is -2.15. The molecule has 0 atom stereocenters. The van der Waals surface area contributed by atoms with Crippen LogP contribution in [-0.2, 0) is 0 Å². The third-order valence-electron chi connectivity index (χ3n) is 2.87. The van der Waals surface area contributed by atoms with Crippen molar-refractivity contribution < 1.29 is 14.2 Å². The van der Waals surface area contributed by atoms with E-state index in [4.69, 9.17) is 14.2 Å². The summed E-state index contributed by atoms with van der Waals surface area (Å²) in [5.74, 6) is 2.30. The quantitative estimate of drug-likeness (QED) is 0.846. The van der Waals surface area contributed by atoms with Gasteiger partial charge in [-0.2, -0.15) is 0 Å². The largest absolute Gasteiger partial charge is 0.497 e. The lowest BCUT2D eigenvalue weighted by molar-refractivity contribution is 0.397. The highest BCUT2D eigenvalue weighted by molar-refractivity contribution is 9.10. The minimum absolute atomic E-state index is 0.758. The van der Waals surface area contributed by atoms with Crippen molar-refractivity contribution >= 4 is 15.9 Å². The summed E-state index contributed by atoms with van der Waals surface area (Å²) < 4.78 is 17.1. The van der Waals surface area contributed by atoms with Crippen molar-refractivity contribution in [3.05, 3.63) is 40.9 Å². The minimum atomic E-state index is 0.758. The predicted octanol–water partition coefficient (Wildman–Crippen LogP) is 4.14. The Morgan fingerprint density at radius 2 is 1.47 bits per heavy atom. The van der Waals surface area contributed by atoms with E-state index in [0.717, 1.165) is 32.8 Å². The van der Waals surface area contributed by atoms with Gasteiger partial charge < -0.3 is 14.2 Å². The Bertz CT molecular complexity index is 559. The van der Waals surface area contributed by atoms with Crippen LogP contribution in [0.5, 0.6) is 17.2 Å². The van der Waals surface area contributed by atoms with E-state index in [9.17, 15) is 0 Å². The molecule has 0 aliphatic heterocycles. The van der Waals surface area contributed by atoms with Crippen LogP contribution in [0.3, 0.4) is 0 Å². The standard InChI is InChI=1S/C15H15BrO3/c1-17-10-7-8-12(16)11(9-10)15-13(18-2)5-4-6-14(15)19-3/h4-9H,1-3H3. The molecule has 100 valence electrons. The van der Waals surface area contributed by atoms with E-state index in [2.05, 4.69) is 15.9 Å². The summed E-state index contributed by atoms with van der Waals surface area (Å²) in [5, 5.41) is 0. The lowest BCUT2D eigenvalue weighted by atomic mass is 10.0. The maximum atomic E-state index is 5.43.